The lowest BCUT2D eigenvalue weighted by Crippen LogP contribution is -2.17. The molecular weight excluding hydrogens is 246 g/mol. The average Bonchev–Trinajstić information content (AvgIpc) is 2.83. The molecule has 4 heteroatoms. The van der Waals surface area contributed by atoms with E-state index in [1.54, 1.807) is 18.4 Å². The molecule has 18 heavy (non-hydrogen) atoms. The fourth-order valence-electron chi connectivity index (χ4n) is 1.61. The Hall–Kier alpha value is -1.52. The maximum atomic E-state index is 6.08. The third-order valence-corrected chi connectivity index (χ3v) is 3.73. The topological polar surface area (TPSA) is 44.5 Å². The van der Waals surface area contributed by atoms with Crippen LogP contribution in [0.15, 0.2) is 36.4 Å². The molecule has 3 nitrogen and oxygen atoms in total. The summed E-state index contributed by atoms with van der Waals surface area (Å²) in [7, 11) is 1.64. The van der Waals surface area contributed by atoms with E-state index < -0.39 is 0 Å². The molecule has 1 atom stereocenters. The van der Waals surface area contributed by atoms with Crippen LogP contribution in [0, 0.1) is 6.92 Å². The first-order valence-electron chi connectivity index (χ1n) is 5.78. The second-order valence-corrected chi connectivity index (χ2v) is 5.36. The van der Waals surface area contributed by atoms with Crippen molar-refractivity contribution >= 4 is 11.3 Å². The van der Waals surface area contributed by atoms with Gasteiger partial charge in [0.1, 0.15) is 18.1 Å². The fraction of sp³-hybridized carbons (Fsp3) is 0.286. The Labute approximate surface area is 111 Å². The molecule has 0 bridgehead atoms. The van der Waals surface area contributed by atoms with Gasteiger partial charge in [-0.05, 0) is 31.2 Å². The third-order valence-electron chi connectivity index (χ3n) is 2.60. The van der Waals surface area contributed by atoms with Crippen LogP contribution in [-0.4, -0.2) is 13.7 Å². The van der Waals surface area contributed by atoms with E-state index in [1.165, 1.54) is 4.88 Å². The predicted octanol–water partition coefficient (Wildman–Crippen LogP) is 3.14. The second kappa shape index (κ2) is 5.89. The van der Waals surface area contributed by atoms with Gasteiger partial charge in [0.15, 0.2) is 0 Å². The first kappa shape index (κ1) is 12.9. The Morgan fingerprint density at radius 1 is 1.22 bits per heavy atom. The van der Waals surface area contributed by atoms with Crippen molar-refractivity contribution in [2.45, 2.75) is 13.0 Å². The Morgan fingerprint density at radius 3 is 2.67 bits per heavy atom. The van der Waals surface area contributed by atoms with Crippen LogP contribution in [0.1, 0.15) is 15.8 Å². The van der Waals surface area contributed by atoms with Crippen LogP contribution in [0.25, 0.3) is 0 Å². The predicted molar refractivity (Wildman–Crippen MR) is 74.5 cm³/mol. The van der Waals surface area contributed by atoms with Crippen molar-refractivity contribution in [2.24, 2.45) is 5.73 Å². The van der Waals surface area contributed by atoms with Crippen molar-refractivity contribution in [3.8, 4) is 11.5 Å². The summed E-state index contributed by atoms with van der Waals surface area (Å²) in [5, 5.41) is 0. The number of methoxy groups -OCH3 is 1. The number of hydrogen-bond acceptors (Lipinski definition) is 4. The van der Waals surface area contributed by atoms with E-state index >= 15 is 0 Å². The van der Waals surface area contributed by atoms with E-state index in [2.05, 4.69) is 19.1 Å². The summed E-state index contributed by atoms with van der Waals surface area (Å²) in [6, 6.07) is 11.6. The molecule has 0 saturated heterocycles. The lowest BCUT2D eigenvalue weighted by atomic mass is 10.2. The highest BCUT2D eigenvalue weighted by Gasteiger charge is 2.09. The van der Waals surface area contributed by atoms with Gasteiger partial charge < -0.3 is 15.2 Å². The molecule has 2 aromatic rings. The number of hydrogen-bond donors (Lipinski definition) is 1. The van der Waals surface area contributed by atoms with Gasteiger partial charge in [0, 0.05) is 15.8 Å². The molecule has 1 aromatic heterocycles. The van der Waals surface area contributed by atoms with Gasteiger partial charge in [0.25, 0.3) is 0 Å². The van der Waals surface area contributed by atoms with E-state index in [9.17, 15) is 0 Å². The maximum Gasteiger partial charge on any atom is 0.123 e. The number of rotatable bonds is 5. The lowest BCUT2D eigenvalue weighted by Gasteiger charge is -2.12. The standard InChI is InChI=1S/C14H17NO2S/c1-10-6-7-14(18-10)13(15)9-17-12-5-3-4-11(8-12)16-2/h3-8,13H,9,15H2,1-2H3. The van der Waals surface area contributed by atoms with Gasteiger partial charge in [-0.3, -0.25) is 0 Å². The Bertz CT molecular complexity index is 510. The van der Waals surface area contributed by atoms with E-state index in [0.29, 0.717) is 6.61 Å². The SMILES string of the molecule is COc1cccc(OCC(N)c2ccc(C)s2)c1. The quantitative estimate of drug-likeness (QED) is 0.901. The van der Waals surface area contributed by atoms with Crippen LogP contribution in [0.5, 0.6) is 11.5 Å². The van der Waals surface area contributed by atoms with Gasteiger partial charge in [0.2, 0.25) is 0 Å². The Morgan fingerprint density at radius 2 is 2.00 bits per heavy atom. The highest BCUT2D eigenvalue weighted by Crippen LogP contribution is 2.23. The minimum absolute atomic E-state index is 0.0881. The van der Waals surface area contributed by atoms with E-state index in [-0.39, 0.29) is 6.04 Å². The number of aryl methyl sites for hydroxylation is 1. The molecular formula is C14H17NO2S. The largest absolute Gasteiger partial charge is 0.497 e. The zero-order valence-electron chi connectivity index (χ0n) is 10.6. The van der Waals surface area contributed by atoms with E-state index in [4.69, 9.17) is 15.2 Å². The van der Waals surface area contributed by atoms with Crippen molar-refractivity contribution in [2.75, 3.05) is 13.7 Å². The molecule has 0 radical (unpaired) electrons. The van der Waals surface area contributed by atoms with Crippen molar-refractivity contribution in [1.29, 1.82) is 0 Å². The molecule has 0 fully saturated rings. The molecule has 96 valence electrons. The maximum absolute atomic E-state index is 6.08. The van der Waals surface area contributed by atoms with Crippen molar-refractivity contribution in [3.63, 3.8) is 0 Å². The summed E-state index contributed by atoms with van der Waals surface area (Å²) >= 11 is 1.71. The summed E-state index contributed by atoms with van der Waals surface area (Å²) in [5.41, 5.74) is 6.08. The third kappa shape index (κ3) is 3.24. The minimum Gasteiger partial charge on any atom is -0.497 e. The summed E-state index contributed by atoms with van der Waals surface area (Å²) < 4.78 is 10.8. The summed E-state index contributed by atoms with van der Waals surface area (Å²) in [5.74, 6) is 1.56. The average molecular weight is 263 g/mol. The Kier molecular flexibility index (Phi) is 4.23. The Balaban J connectivity index is 1.94. The molecule has 2 N–H and O–H groups in total. The number of nitrogens with two attached hydrogens (primary N) is 1. The van der Waals surface area contributed by atoms with Gasteiger partial charge in [-0.2, -0.15) is 0 Å². The van der Waals surface area contributed by atoms with Crippen LogP contribution < -0.4 is 15.2 Å². The number of benzene rings is 1. The molecule has 0 spiro atoms. The van der Waals surface area contributed by atoms with Gasteiger partial charge in [-0.15, -0.1) is 11.3 Å². The molecule has 2 rings (SSSR count). The first-order chi connectivity index (χ1) is 8.69. The second-order valence-electron chi connectivity index (χ2n) is 4.04. The highest BCUT2D eigenvalue weighted by atomic mass is 32.1. The summed E-state index contributed by atoms with van der Waals surface area (Å²) in [4.78, 5) is 2.41. The zero-order valence-corrected chi connectivity index (χ0v) is 11.4. The van der Waals surface area contributed by atoms with E-state index in [0.717, 1.165) is 16.4 Å². The lowest BCUT2D eigenvalue weighted by molar-refractivity contribution is 0.290. The molecule has 1 unspecified atom stereocenters. The number of ether oxygens (including phenoxy) is 2. The molecule has 1 heterocycles. The summed E-state index contributed by atoms with van der Waals surface area (Å²) in [6.07, 6.45) is 0. The number of thiophene rings is 1. The molecule has 0 aliphatic heterocycles. The highest BCUT2D eigenvalue weighted by molar-refractivity contribution is 7.12. The smallest absolute Gasteiger partial charge is 0.123 e. The van der Waals surface area contributed by atoms with Gasteiger partial charge in [0.05, 0.1) is 13.2 Å². The molecule has 1 aromatic carbocycles. The van der Waals surface area contributed by atoms with Crippen LogP contribution in [-0.2, 0) is 0 Å². The zero-order chi connectivity index (χ0) is 13.0. The molecule has 0 aliphatic carbocycles. The van der Waals surface area contributed by atoms with Crippen LogP contribution in [0.4, 0.5) is 0 Å². The van der Waals surface area contributed by atoms with Gasteiger partial charge >= 0.3 is 0 Å². The van der Waals surface area contributed by atoms with Crippen molar-refractivity contribution in [1.82, 2.24) is 0 Å². The van der Waals surface area contributed by atoms with Crippen LogP contribution in [0.2, 0.25) is 0 Å². The van der Waals surface area contributed by atoms with Gasteiger partial charge in [-0.25, -0.2) is 0 Å². The molecule has 0 saturated carbocycles. The van der Waals surface area contributed by atoms with Crippen molar-refractivity contribution < 1.29 is 9.47 Å². The summed E-state index contributed by atoms with van der Waals surface area (Å²) in [6.45, 7) is 2.54. The van der Waals surface area contributed by atoms with E-state index in [1.807, 2.05) is 24.3 Å². The van der Waals surface area contributed by atoms with Gasteiger partial charge in [-0.1, -0.05) is 6.07 Å². The molecule has 0 amide bonds. The normalized spacial score (nSPS) is 12.2. The first-order valence-corrected chi connectivity index (χ1v) is 6.59. The van der Waals surface area contributed by atoms with Crippen LogP contribution >= 0.6 is 11.3 Å². The fourth-order valence-corrected chi connectivity index (χ4v) is 2.48. The minimum atomic E-state index is -0.0881. The molecule has 0 aliphatic rings. The monoisotopic (exact) mass is 263 g/mol. The van der Waals surface area contributed by atoms with Crippen LogP contribution in [0.3, 0.4) is 0 Å². The van der Waals surface area contributed by atoms with Crippen molar-refractivity contribution in [3.05, 3.63) is 46.2 Å².